The van der Waals surface area contributed by atoms with Gasteiger partial charge in [0.25, 0.3) is 0 Å². The van der Waals surface area contributed by atoms with Crippen LogP contribution in [-0.4, -0.2) is 16.3 Å². The summed E-state index contributed by atoms with van der Waals surface area (Å²) in [4.78, 5) is 5.20. The van der Waals surface area contributed by atoms with Crippen LogP contribution in [0.1, 0.15) is 44.2 Å². The molecule has 2 nitrogen and oxygen atoms in total. The van der Waals surface area contributed by atoms with Crippen LogP contribution in [0, 0.1) is 17.8 Å². The molecule has 22 heavy (non-hydrogen) atoms. The maximum Gasteiger partial charge on any atom is 0.0617 e. The number of para-hydroxylation sites is 1. The quantitative estimate of drug-likeness (QED) is 0.722. The summed E-state index contributed by atoms with van der Waals surface area (Å²) in [5, 5.41) is 1.32. The highest BCUT2D eigenvalue weighted by molar-refractivity contribution is 5.90. The molecule has 6 rings (SSSR count). The monoisotopic (exact) mass is 292 g/mol. The van der Waals surface area contributed by atoms with Crippen molar-refractivity contribution in [3.63, 3.8) is 0 Å². The lowest BCUT2D eigenvalue weighted by atomic mass is 9.53. The number of nitrogens with zero attached hydrogens (tertiary/aromatic N) is 2. The third-order valence-electron chi connectivity index (χ3n) is 6.47. The van der Waals surface area contributed by atoms with Crippen molar-refractivity contribution in [3.05, 3.63) is 36.0 Å². The van der Waals surface area contributed by atoms with Gasteiger partial charge in [-0.15, -0.1) is 0 Å². The molecule has 2 heteroatoms. The van der Waals surface area contributed by atoms with E-state index in [-0.39, 0.29) is 5.54 Å². The lowest BCUT2D eigenvalue weighted by Gasteiger charge is -2.54. The molecule has 4 aliphatic rings. The summed E-state index contributed by atoms with van der Waals surface area (Å²) >= 11 is 0. The normalized spacial score (nSPS) is 36.7. The predicted octanol–water partition coefficient (Wildman–Crippen LogP) is 4.57. The van der Waals surface area contributed by atoms with Crippen molar-refractivity contribution in [1.82, 2.24) is 4.57 Å². The SMILES string of the molecule is Cn1c(/C=N/C23CC4CC(CC(C4)C2)C3)cc2ccccc21. The summed E-state index contributed by atoms with van der Waals surface area (Å²) < 4.78 is 2.28. The van der Waals surface area contributed by atoms with Gasteiger partial charge in [0.15, 0.2) is 0 Å². The predicted molar refractivity (Wildman–Crippen MR) is 91.4 cm³/mol. The molecule has 1 aromatic carbocycles. The van der Waals surface area contributed by atoms with E-state index in [4.69, 9.17) is 4.99 Å². The number of aliphatic imine (C=N–C) groups is 1. The Morgan fingerprint density at radius 2 is 1.68 bits per heavy atom. The minimum Gasteiger partial charge on any atom is -0.343 e. The first-order chi connectivity index (χ1) is 10.7. The number of rotatable bonds is 2. The van der Waals surface area contributed by atoms with E-state index in [1.807, 2.05) is 0 Å². The van der Waals surface area contributed by atoms with Crippen LogP contribution in [0.5, 0.6) is 0 Å². The molecule has 1 heterocycles. The van der Waals surface area contributed by atoms with Crippen molar-refractivity contribution >= 4 is 17.1 Å². The molecule has 4 saturated carbocycles. The highest BCUT2D eigenvalue weighted by Gasteiger charge is 2.50. The standard InChI is InChI=1S/C20H24N2/c1-22-18(9-17-4-2-3-5-19(17)22)13-21-20-10-14-6-15(11-20)8-16(7-14)12-20/h2-5,9,13-16H,6-8,10-12H2,1H3/b21-13+. The molecular weight excluding hydrogens is 268 g/mol. The van der Waals surface area contributed by atoms with Crippen molar-refractivity contribution in [2.24, 2.45) is 29.8 Å². The van der Waals surface area contributed by atoms with E-state index in [2.05, 4.69) is 48.2 Å². The van der Waals surface area contributed by atoms with Crippen molar-refractivity contribution < 1.29 is 0 Å². The Morgan fingerprint density at radius 1 is 1.05 bits per heavy atom. The van der Waals surface area contributed by atoms with E-state index in [1.54, 1.807) is 0 Å². The molecule has 0 aliphatic heterocycles. The average molecular weight is 292 g/mol. The Balaban J connectivity index is 1.49. The summed E-state index contributed by atoms with van der Waals surface area (Å²) in [5.41, 5.74) is 2.83. The van der Waals surface area contributed by atoms with Gasteiger partial charge in [0.1, 0.15) is 0 Å². The first-order valence-electron chi connectivity index (χ1n) is 8.80. The highest BCUT2D eigenvalue weighted by atomic mass is 15.0. The molecular formula is C20H24N2. The summed E-state index contributed by atoms with van der Waals surface area (Å²) in [6.07, 6.45) is 10.7. The maximum absolute atomic E-state index is 5.20. The second kappa shape index (κ2) is 4.47. The largest absolute Gasteiger partial charge is 0.343 e. The van der Waals surface area contributed by atoms with Crippen LogP contribution in [0.15, 0.2) is 35.3 Å². The van der Waals surface area contributed by atoms with Crippen LogP contribution in [0.3, 0.4) is 0 Å². The third kappa shape index (κ3) is 1.89. The fourth-order valence-electron chi connectivity index (χ4n) is 5.86. The topological polar surface area (TPSA) is 17.3 Å². The van der Waals surface area contributed by atoms with Crippen LogP contribution >= 0.6 is 0 Å². The molecule has 4 fully saturated rings. The fourth-order valence-corrected chi connectivity index (χ4v) is 5.86. The third-order valence-corrected chi connectivity index (χ3v) is 6.47. The molecule has 4 aliphatic carbocycles. The van der Waals surface area contributed by atoms with Crippen molar-refractivity contribution in [2.45, 2.75) is 44.1 Å². The van der Waals surface area contributed by atoms with Crippen LogP contribution in [0.4, 0.5) is 0 Å². The zero-order valence-electron chi connectivity index (χ0n) is 13.3. The minimum atomic E-state index is 0.283. The van der Waals surface area contributed by atoms with Crippen molar-refractivity contribution in [1.29, 1.82) is 0 Å². The molecule has 0 spiro atoms. The van der Waals surface area contributed by atoms with Gasteiger partial charge in [0.2, 0.25) is 0 Å². The van der Waals surface area contributed by atoms with Crippen molar-refractivity contribution in [3.8, 4) is 0 Å². The summed E-state index contributed by atoms with van der Waals surface area (Å²) in [7, 11) is 2.16. The molecule has 1 aromatic heterocycles. The molecule has 2 aromatic rings. The van der Waals surface area contributed by atoms with Crippen LogP contribution in [0.25, 0.3) is 10.9 Å². The van der Waals surface area contributed by atoms with Gasteiger partial charge in [-0.1, -0.05) is 18.2 Å². The average Bonchev–Trinajstić information content (AvgIpc) is 2.81. The maximum atomic E-state index is 5.20. The number of aryl methyl sites for hydroxylation is 1. The Kier molecular flexibility index (Phi) is 2.62. The summed E-state index contributed by atoms with van der Waals surface area (Å²) in [6.45, 7) is 0. The Morgan fingerprint density at radius 3 is 2.32 bits per heavy atom. The molecule has 114 valence electrons. The molecule has 0 amide bonds. The van der Waals surface area contributed by atoms with Crippen LogP contribution in [0.2, 0.25) is 0 Å². The molecule has 0 radical (unpaired) electrons. The first-order valence-corrected chi connectivity index (χ1v) is 8.80. The van der Waals surface area contributed by atoms with Gasteiger partial charge >= 0.3 is 0 Å². The lowest BCUT2D eigenvalue weighted by Crippen LogP contribution is -2.49. The molecule has 0 atom stereocenters. The lowest BCUT2D eigenvalue weighted by molar-refractivity contribution is 0.00193. The van der Waals surface area contributed by atoms with E-state index in [0.717, 1.165) is 17.8 Å². The van der Waals surface area contributed by atoms with Crippen LogP contribution in [-0.2, 0) is 7.05 Å². The minimum absolute atomic E-state index is 0.283. The van der Waals surface area contributed by atoms with Gasteiger partial charge in [0, 0.05) is 24.2 Å². The first kappa shape index (κ1) is 12.9. The second-order valence-corrected chi connectivity index (χ2v) is 8.09. The van der Waals surface area contributed by atoms with Gasteiger partial charge in [0.05, 0.1) is 11.2 Å². The zero-order chi connectivity index (χ0) is 14.7. The van der Waals surface area contributed by atoms with Crippen molar-refractivity contribution in [2.75, 3.05) is 0 Å². The molecule has 4 bridgehead atoms. The van der Waals surface area contributed by atoms with Gasteiger partial charge < -0.3 is 4.57 Å². The highest BCUT2D eigenvalue weighted by Crippen LogP contribution is 2.57. The Hall–Kier alpha value is -1.57. The Bertz CT molecular complexity index is 717. The second-order valence-electron chi connectivity index (χ2n) is 8.09. The smallest absolute Gasteiger partial charge is 0.0617 e. The van der Waals surface area contributed by atoms with Gasteiger partial charge in [-0.05, 0) is 68.4 Å². The fraction of sp³-hybridized carbons (Fsp3) is 0.550. The number of fused-ring (bicyclic) bond motifs is 1. The number of hydrogen-bond acceptors (Lipinski definition) is 1. The molecule has 0 saturated heterocycles. The zero-order valence-corrected chi connectivity index (χ0v) is 13.3. The van der Waals surface area contributed by atoms with Gasteiger partial charge in [-0.3, -0.25) is 4.99 Å². The summed E-state index contributed by atoms with van der Waals surface area (Å²) in [6, 6.07) is 10.9. The van der Waals surface area contributed by atoms with Gasteiger partial charge in [-0.2, -0.15) is 0 Å². The Labute approximate surface area is 132 Å². The summed E-state index contributed by atoms with van der Waals surface area (Å²) in [5.74, 6) is 2.91. The number of hydrogen-bond donors (Lipinski definition) is 0. The number of aromatic nitrogens is 1. The molecule has 0 N–H and O–H groups in total. The van der Waals surface area contributed by atoms with E-state index < -0.39 is 0 Å². The van der Waals surface area contributed by atoms with Crippen LogP contribution < -0.4 is 0 Å². The molecule has 0 unspecified atom stereocenters. The van der Waals surface area contributed by atoms with E-state index in [1.165, 1.54) is 55.1 Å². The van der Waals surface area contributed by atoms with E-state index in [0.29, 0.717) is 0 Å². The van der Waals surface area contributed by atoms with E-state index >= 15 is 0 Å². The number of benzene rings is 1. The van der Waals surface area contributed by atoms with E-state index in [9.17, 15) is 0 Å². The van der Waals surface area contributed by atoms with Gasteiger partial charge in [-0.25, -0.2) is 0 Å².